The van der Waals surface area contributed by atoms with Crippen molar-refractivity contribution < 1.29 is 0 Å². The Morgan fingerprint density at radius 3 is 3.14 bits per heavy atom. The van der Waals surface area contributed by atoms with Gasteiger partial charge in [0.15, 0.2) is 0 Å². The third-order valence-electron chi connectivity index (χ3n) is 3.98. The van der Waals surface area contributed by atoms with Crippen LogP contribution >= 0.6 is 11.6 Å². The molecule has 5 nitrogen and oxygen atoms in total. The molecule has 3 rings (SSSR count). The van der Waals surface area contributed by atoms with Gasteiger partial charge >= 0.3 is 0 Å². The van der Waals surface area contributed by atoms with Crippen LogP contribution in [-0.4, -0.2) is 40.5 Å². The van der Waals surface area contributed by atoms with Gasteiger partial charge in [0.05, 0.1) is 10.7 Å². The molecule has 0 saturated carbocycles. The topological polar surface area (TPSA) is 49.6 Å². The Kier molecular flexibility index (Phi) is 4.24. The summed E-state index contributed by atoms with van der Waals surface area (Å²) >= 11 is 5.92. The first kappa shape index (κ1) is 14.5. The number of rotatable bonds is 3. The van der Waals surface area contributed by atoms with E-state index < -0.39 is 0 Å². The van der Waals surface area contributed by atoms with Crippen LogP contribution in [0.15, 0.2) is 29.2 Å². The van der Waals surface area contributed by atoms with Gasteiger partial charge in [-0.2, -0.15) is 0 Å². The average Bonchev–Trinajstić information content (AvgIpc) is 2.48. The lowest BCUT2D eigenvalue weighted by Gasteiger charge is -2.32. The van der Waals surface area contributed by atoms with Crippen molar-refractivity contribution in [2.75, 3.05) is 20.1 Å². The molecule has 1 atom stereocenters. The number of fused-ring (bicyclic) bond motifs is 1. The van der Waals surface area contributed by atoms with Crippen LogP contribution in [0, 0.1) is 0 Å². The fourth-order valence-electron chi connectivity index (χ4n) is 2.87. The van der Waals surface area contributed by atoms with E-state index in [9.17, 15) is 4.79 Å². The summed E-state index contributed by atoms with van der Waals surface area (Å²) in [4.78, 5) is 19.1. The Labute approximate surface area is 128 Å². The maximum atomic E-state index is 12.1. The van der Waals surface area contributed by atoms with E-state index in [0.717, 1.165) is 18.8 Å². The minimum atomic E-state index is -0.0836. The van der Waals surface area contributed by atoms with E-state index in [-0.39, 0.29) is 5.56 Å². The molecule has 6 heteroatoms. The molecule has 112 valence electrons. The smallest absolute Gasteiger partial charge is 0.258 e. The lowest BCUT2D eigenvalue weighted by molar-refractivity contribution is 0.186. The SMILES string of the molecule is CNC1CCCN(Cc2cc(=O)n3cc(Cl)ccc3n2)C1. The maximum absolute atomic E-state index is 12.1. The van der Waals surface area contributed by atoms with Crippen LogP contribution in [-0.2, 0) is 6.54 Å². The first-order valence-electron chi connectivity index (χ1n) is 7.23. The molecular weight excluding hydrogens is 288 g/mol. The van der Waals surface area contributed by atoms with E-state index in [0.29, 0.717) is 23.3 Å². The monoisotopic (exact) mass is 306 g/mol. The fourth-order valence-corrected chi connectivity index (χ4v) is 3.03. The van der Waals surface area contributed by atoms with Gasteiger partial charge in [-0.25, -0.2) is 4.98 Å². The van der Waals surface area contributed by atoms with Crippen molar-refractivity contribution in [1.82, 2.24) is 19.6 Å². The summed E-state index contributed by atoms with van der Waals surface area (Å²) < 4.78 is 1.48. The number of pyridine rings is 1. The van der Waals surface area contributed by atoms with Gasteiger partial charge in [-0.05, 0) is 38.6 Å². The van der Waals surface area contributed by atoms with E-state index in [2.05, 4.69) is 15.2 Å². The molecule has 2 aromatic rings. The number of piperidine rings is 1. The molecule has 0 amide bonds. The van der Waals surface area contributed by atoms with E-state index in [1.165, 1.54) is 17.2 Å². The van der Waals surface area contributed by atoms with Crippen LogP contribution < -0.4 is 10.9 Å². The Morgan fingerprint density at radius 2 is 2.33 bits per heavy atom. The molecule has 21 heavy (non-hydrogen) atoms. The third-order valence-corrected chi connectivity index (χ3v) is 4.20. The number of likely N-dealkylation sites (N-methyl/N-ethyl adjacent to an activating group) is 1. The highest BCUT2D eigenvalue weighted by Gasteiger charge is 2.19. The van der Waals surface area contributed by atoms with Crippen LogP contribution in [0.4, 0.5) is 0 Å². The highest BCUT2D eigenvalue weighted by Crippen LogP contribution is 2.13. The van der Waals surface area contributed by atoms with Gasteiger partial charge in [0.25, 0.3) is 5.56 Å². The van der Waals surface area contributed by atoms with Crippen molar-refractivity contribution in [1.29, 1.82) is 0 Å². The summed E-state index contributed by atoms with van der Waals surface area (Å²) in [6, 6.07) is 5.66. The van der Waals surface area contributed by atoms with Crippen LogP contribution in [0.1, 0.15) is 18.5 Å². The summed E-state index contributed by atoms with van der Waals surface area (Å²) in [7, 11) is 2.00. The number of nitrogens with one attached hydrogen (secondary N) is 1. The maximum Gasteiger partial charge on any atom is 0.258 e. The molecule has 1 aliphatic heterocycles. The minimum absolute atomic E-state index is 0.0836. The summed E-state index contributed by atoms with van der Waals surface area (Å²) in [5.74, 6) is 0. The molecule has 0 aliphatic carbocycles. The van der Waals surface area contributed by atoms with E-state index in [1.54, 1.807) is 24.4 Å². The van der Waals surface area contributed by atoms with Gasteiger partial charge in [0, 0.05) is 31.4 Å². The number of aromatic nitrogens is 2. The van der Waals surface area contributed by atoms with Crippen molar-refractivity contribution in [2.45, 2.75) is 25.4 Å². The number of nitrogens with zero attached hydrogens (tertiary/aromatic N) is 3. The number of hydrogen-bond acceptors (Lipinski definition) is 4. The first-order valence-corrected chi connectivity index (χ1v) is 7.61. The average molecular weight is 307 g/mol. The molecule has 0 bridgehead atoms. The second-order valence-electron chi connectivity index (χ2n) is 5.52. The second-order valence-corrected chi connectivity index (χ2v) is 5.96. The Hall–Kier alpha value is -1.43. The molecule has 2 aromatic heterocycles. The van der Waals surface area contributed by atoms with Crippen LogP contribution in [0.25, 0.3) is 5.65 Å². The lowest BCUT2D eigenvalue weighted by Crippen LogP contribution is -2.44. The second kappa shape index (κ2) is 6.13. The highest BCUT2D eigenvalue weighted by molar-refractivity contribution is 6.30. The zero-order chi connectivity index (χ0) is 14.8. The molecule has 0 aromatic carbocycles. The fraction of sp³-hybridized carbons (Fsp3) is 0.467. The summed E-state index contributed by atoms with van der Waals surface area (Å²) in [6.07, 6.45) is 3.99. The molecule has 1 unspecified atom stereocenters. The van der Waals surface area contributed by atoms with Gasteiger partial charge in [-0.3, -0.25) is 14.1 Å². The predicted molar refractivity (Wildman–Crippen MR) is 83.8 cm³/mol. The molecule has 3 heterocycles. The number of likely N-dealkylation sites (tertiary alicyclic amines) is 1. The van der Waals surface area contributed by atoms with Gasteiger partial charge in [0.1, 0.15) is 5.65 Å². The summed E-state index contributed by atoms with van der Waals surface area (Å²) in [5.41, 5.74) is 1.38. The molecule has 1 saturated heterocycles. The van der Waals surface area contributed by atoms with Crippen molar-refractivity contribution in [2.24, 2.45) is 0 Å². The molecule has 0 spiro atoms. The molecule has 0 radical (unpaired) electrons. The Bertz CT molecular complexity index is 700. The van der Waals surface area contributed by atoms with Gasteiger partial charge in [0.2, 0.25) is 0 Å². The van der Waals surface area contributed by atoms with E-state index in [1.807, 2.05) is 7.05 Å². The molecule has 1 fully saturated rings. The van der Waals surface area contributed by atoms with Crippen molar-refractivity contribution >= 4 is 17.2 Å². The molecule has 1 aliphatic rings. The van der Waals surface area contributed by atoms with E-state index in [4.69, 9.17) is 11.6 Å². The zero-order valence-electron chi connectivity index (χ0n) is 12.1. The van der Waals surface area contributed by atoms with Crippen molar-refractivity contribution in [3.05, 3.63) is 45.5 Å². The first-order chi connectivity index (χ1) is 10.2. The Balaban J connectivity index is 1.84. The zero-order valence-corrected chi connectivity index (χ0v) is 12.8. The van der Waals surface area contributed by atoms with Crippen molar-refractivity contribution in [3.63, 3.8) is 0 Å². The Morgan fingerprint density at radius 1 is 1.48 bits per heavy atom. The third kappa shape index (κ3) is 3.26. The number of hydrogen-bond donors (Lipinski definition) is 1. The largest absolute Gasteiger partial charge is 0.316 e. The molecular formula is C15H19ClN4O. The quantitative estimate of drug-likeness (QED) is 0.934. The normalized spacial score (nSPS) is 20.0. The van der Waals surface area contributed by atoms with Crippen LogP contribution in [0.2, 0.25) is 5.02 Å². The van der Waals surface area contributed by atoms with Crippen LogP contribution in [0.3, 0.4) is 0 Å². The van der Waals surface area contributed by atoms with Gasteiger partial charge in [-0.1, -0.05) is 11.6 Å². The van der Waals surface area contributed by atoms with E-state index >= 15 is 0 Å². The summed E-state index contributed by atoms with van der Waals surface area (Å²) in [6.45, 7) is 2.77. The van der Waals surface area contributed by atoms with Gasteiger partial charge in [-0.15, -0.1) is 0 Å². The number of halogens is 1. The minimum Gasteiger partial charge on any atom is -0.316 e. The highest BCUT2D eigenvalue weighted by atomic mass is 35.5. The standard InChI is InChI=1S/C15H19ClN4O/c1-17-12-3-2-6-19(9-12)10-13-7-15(21)20-8-11(16)4-5-14(20)18-13/h4-5,7-8,12,17H,2-3,6,9-10H2,1H3. The van der Waals surface area contributed by atoms with Crippen LogP contribution in [0.5, 0.6) is 0 Å². The summed E-state index contributed by atoms with van der Waals surface area (Å²) in [5, 5.41) is 3.86. The predicted octanol–water partition coefficient (Wildman–Crippen LogP) is 1.53. The molecule has 1 N–H and O–H groups in total. The lowest BCUT2D eigenvalue weighted by atomic mass is 10.1. The van der Waals surface area contributed by atoms with Crippen molar-refractivity contribution in [3.8, 4) is 0 Å². The van der Waals surface area contributed by atoms with Gasteiger partial charge < -0.3 is 5.32 Å².